The fraction of sp³-hybridized carbons (Fsp3) is 0.769. The second-order valence-corrected chi connectivity index (χ2v) is 4.11. The van der Waals surface area contributed by atoms with E-state index in [0.717, 1.165) is 12.8 Å². The van der Waals surface area contributed by atoms with Crippen molar-refractivity contribution in [3.8, 4) is 0 Å². The summed E-state index contributed by atoms with van der Waals surface area (Å²) in [5.74, 6) is -0.196. The van der Waals surface area contributed by atoms with E-state index in [9.17, 15) is 4.79 Å². The molecule has 1 atom stereocenters. The molecule has 0 amide bonds. The number of hydrogen-bond acceptors (Lipinski definition) is 3. The van der Waals surface area contributed by atoms with Gasteiger partial charge < -0.3 is 9.47 Å². The molecule has 0 fully saturated rings. The summed E-state index contributed by atoms with van der Waals surface area (Å²) in [5, 5.41) is 0. The van der Waals surface area contributed by atoms with Crippen LogP contribution >= 0.6 is 0 Å². The van der Waals surface area contributed by atoms with Crippen molar-refractivity contribution in [2.45, 2.75) is 58.7 Å². The zero-order valence-electron chi connectivity index (χ0n) is 10.7. The lowest BCUT2D eigenvalue weighted by Gasteiger charge is -2.16. The van der Waals surface area contributed by atoms with Crippen LogP contribution in [0.1, 0.15) is 46.5 Å². The van der Waals surface area contributed by atoms with Crippen LogP contribution in [0.25, 0.3) is 0 Å². The molecule has 0 bridgehead atoms. The molecular formula is C13H24O3. The zero-order chi connectivity index (χ0) is 12.4. The summed E-state index contributed by atoms with van der Waals surface area (Å²) in [6.45, 7) is 10.2. The maximum atomic E-state index is 11.4. The van der Waals surface area contributed by atoms with Gasteiger partial charge in [-0.2, -0.15) is 0 Å². The maximum Gasteiger partial charge on any atom is 0.308 e. The Balaban J connectivity index is 3.90. The number of esters is 1. The molecule has 0 spiro atoms. The molecule has 0 N–H and O–H groups in total. The van der Waals surface area contributed by atoms with E-state index < -0.39 is 0 Å². The van der Waals surface area contributed by atoms with Gasteiger partial charge in [0.1, 0.15) is 0 Å². The van der Waals surface area contributed by atoms with Gasteiger partial charge in [0, 0.05) is 6.61 Å². The molecule has 94 valence electrons. The van der Waals surface area contributed by atoms with Crippen LogP contribution in [0.2, 0.25) is 0 Å². The van der Waals surface area contributed by atoms with Gasteiger partial charge in [-0.25, -0.2) is 0 Å². The van der Waals surface area contributed by atoms with E-state index in [2.05, 4.69) is 13.5 Å². The molecule has 0 aromatic rings. The summed E-state index contributed by atoms with van der Waals surface area (Å²) in [6, 6.07) is 0. The fourth-order valence-corrected chi connectivity index (χ4v) is 1.29. The van der Waals surface area contributed by atoms with Gasteiger partial charge >= 0.3 is 5.97 Å². The minimum Gasteiger partial charge on any atom is -0.463 e. The molecule has 0 heterocycles. The molecule has 0 rings (SSSR count). The Hall–Kier alpha value is -0.830. The van der Waals surface area contributed by atoms with Crippen molar-refractivity contribution in [2.24, 2.45) is 0 Å². The van der Waals surface area contributed by atoms with Crippen molar-refractivity contribution in [3.63, 3.8) is 0 Å². The summed E-state index contributed by atoms with van der Waals surface area (Å²) in [4.78, 5) is 11.4. The third-order valence-corrected chi connectivity index (χ3v) is 2.04. The van der Waals surface area contributed by atoms with Gasteiger partial charge in [0.2, 0.25) is 0 Å². The monoisotopic (exact) mass is 228 g/mol. The first-order valence-electron chi connectivity index (χ1n) is 6.02. The first-order chi connectivity index (χ1) is 7.60. The molecule has 3 nitrogen and oxygen atoms in total. The third kappa shape index (κ3) is 8.48. The molecule has 0 radical (unpaired) electrons. The number of carbonyl (C=O) groups excluding carboxylic acids is 1. The Kier molecular flexibility index (Phi) is 8.91. The third-order valence-electron chi connectivity index (χ3n) is 2.04. The van der Waals surface area contributed by atoms with Crippen molar-refractivity contribution in [3.05, 3.63) is 12.7 Å². The summed E-state index contributed by atoms with van der Waals surface area (Å²) in [7, 11) is 0. The van der Waals surface area contributed by atoms with Crippen LogP contribution < -0.4 is 0 Å². The average molecular weight is 228 g/mol. The Labute approximate surface area is 98.8 Å². The van der Waals surface area contributed by atoms with Crippen LogP contribution in [-0.2, 0) is 14.3 Å². The second-order valence-electron chi connectivity index (χ2n) is 4.11. The predicted octanol–water partition coefficient (Wildman–Crippen LogP) is 3.09. The number of hydrogen-bond donors (Lipinski definition) is 0. The van der Waals surface area contributed by atoms with Crippen LogP contribution in [0.3, 0.4) is 0 Å². The van der Waals surface area contributed by atoms with E-state index >= 15 is 0 Å². The van der Waals surface area contributed by atoms with Crippen molar-refractivity contribution >= 4 is 5.97 Å². The molecule has 16 heavy (non-hydrogen) atoms. The molecule has 0 aromatic carbocycles. The Morgan fingerprint density at radius 2 is 2.12 bits per heavy atom. The highest BCUT2D eigenvalue weighted by Crippen LogP contribution is 2.08. The van der Waals surface area contributed by atoms with Crippen molar-refractivity contribution in [1.82, 2.24) is 0 Å². The van der Waals surface area contributed by atoms with Crippen LogP contribution in [0.15, 0.2) is 12.7 Å². The highest BCUT2D eigenvalue weighted by atomic mass is 16.5. The quantitative estimate of drug-likeness (QED) is 0.345. The topological polar surface area (TPSA) is 35.5 Å². The molecule has 0 aromatic heterocycles. The normalized spacial score (nSPS) is 12.5. The lowest BCUT2D eigenvalue weighted by Crippen LogP contribution is -2.21. The van der Waals surface area contributed by atoms with Crippen molar-refractivity contribution in [2.75, 3.05) is 6.61 Å². The second kappa shape index (κ2) is 9.40. The largest absolute Gasteiger partial charge is 0.463 e. The zero-order valence-corrected chi connectivity index (χ0v) is 10.7. The predicted molar refractivity (Wildman–Crippen MR) is 65.3 cm³/mol. The molecule has 0 unspecified atom stereocenters. The molecule has 0 aliphatic rings. The minimum absolute atomic E-state index is 0.0625. The van der Waals surface area contributed by atoms with E-state index in [1.165, 1.54) is 0 Å². The Bertz CT molecular complexity index is 199. The average Bonchev–Trinajstić information content (AvgIpc) is 2.16. The van der Waals surface area contributed by atoms with Crippen LogP contribution in [0.5, 0.6) is 0 Å². The number of ether oxygens (including phenoxy) is 2. The Morgan fingerprint density at radius 3 is 2.62 bits per heavy atom. The van der Waals surface area contributed by atoms with Crippen LogP contribution in [-0.4, -0.2) is 24.8 Å². The summed E-state index contributed by atoms with van der Waals surface area (Å²) < 4.78 is 10.7. The first kappa shape index (κ1) is 15.2. The molecule has 0 saturated heterocycles. The molecule has 0 aliphatic heterocycles. The number of rotatable bonds is 9. The van der Waals surface area contributed by atoms with Gasteiger partial charge in [-0.15, -0.1) is 6.58 Å². The van der Waals surface area contributed by atoms with Gasteiger partial charge in [-0.1, -0.05) is 19.4 Å². The van der Waals surface area contributed by atoms with E-state index in [1.54, 1.807) is 6.08 Å². The van der Waals surface area contributed by atoms with Crippen LogP contribution in [0, 0.1) is 0 Å². The van der Waals surface area contributed by atoms with E-state index in [0.29, 0.717) is 19.4 Å². The van der Waals surface area contributed by atoms with Crippen LogP contribution in [0.4, 0.5) is 0 Å². The summed E-state index contributed by atoms with van der Waals surface area (Å²) in [5.41, 5.74) is 0. The summed E-state index contributed by atoms with van der Waals surface area (Å²) >= 11 is 0. The lowest BCUT2D eigenvalue weighted by atomic mass is 10.2. The SMILES string of the molecule is C=CC[C@H](CC(=O)OC(C)C)OCCCC. The van der Waals surface area contributed by atoms with Gasteiger partial charge in [0.15, 0.2) is 0 Å². The highest BCUT2D eigenvalue weighted by molar-refractivity contribution is 5.70. The highest BCUT2D eigenvalue weighted by Gasteiger charge is 2.14. The standard InChI is InChI=1S/C13H24O3/c1-5-7-9-15-12(8-6-2)10-13(14)16-11(3)4/h6,11-12H,2,5,7-10H2,1,3-4H3/t12-/m1/s1. The smallest absolute Gasteiger partial charge is 0.308 e. The number of unbranched alkanes of at least 4 members (excludes halogenated alkanes) is 1. The van der Waals surface area contributed by atoms with E-state index in [1.807, 2.05) is 13.8 Å². The Morgan fingerprint density at radius 1 is 1.44 bits per heavy atom. The molecular weight excluding hydrogens is 204 g/mol. The van der Waals surface area contributed by atoms with E-state index in [4.69, 9.17) is 9.47 Å². The molecule has 0 saturated carbocycles. The van der Waals surface area contributed by atoms with Gasteiger partial charge in [0.25, 0.3) is 0 Å². The van der Waals surface area contributed by atoms with E-state index in [-0.39, 0.29) is 18.2 Å². The lowest BCUT2D eigenvalue weighted by molar-refractivity contribution is -0.150. The summed E-state index contributed by atoms with van der Waals surface area (Å²) in [6.07, 6.45) is 4.75. The number of carbonyl (C=O) groups is 1. The first-order valence-corrected chi connectivity index (χ1v) is 6.02. The van der Waals surface area contributed by atoms with Crippen molar-refractivity contribution in [1.29, 1.82) is 0 Å². The fourth-order valence-electron chi connectivity index (χ4n) is 1.29. The molecule has 0 aliphatic carbocycles. The van der Waals surface area contributed by atoms with Gasteiger partial charge in [-0.05, 0) is 26.7 Å². The molecule has 3 heteroatoms. The minimum atomic E-state index is -0.196. The van der Waals surface area contributed by atoms with Crippen molar-refractivity contribution < 1.29 is 14.3 Å². The van der Waals surface area contributed by atoms with Gasteiger partial charge in [0.05, 0.1) is 18.6 Å². The van der Waals surface area contributed by atoms with Gasteiger partial charge in [-0.3, -0.25) is 4.79 Å². The maximum absolute atomic E-state index is 11.4.